The van der Waals surface area contributed by atoms with Crippen molar-refractivity contribution in [2.24, 2.45) is 0 Å². The van der Waals surface area contributed by atoms with Crippen LogP contribution in [0, 0.1) is 20.8 Å². The van der Waals surface area contributed by atoms with Crippen molar-refractivity contribution in [2.45, 2.75) is 43.0 Å². The van der Waals surface area contributed by atoms with Crippen LogP contribution in [0.25, 0.3) is 11.0 Å². The lowest BCUT2D eigenvalue weighted by atomic mass is 10.2. The normalized spacial score (nSPS) is 12.8. The quantitative estimate of drug-likeness (QED) is 0.415. The van der Waals surface area contributed by atoms with Gasteiger partial charge in [-0.15, -0.1) is 0 Å². The summed E-state index contributed by atoms with van der Waals surface area (Å²) in [5.41, 5.74) is 2.68. The van der Waals surface area contributed by atoms with E-state index in [1.54, 1.807) is 19.9 Å². The van der Waals surface area contributed by atoms with E-state index in [9.17, 15) is 18.0 Å². The summed E-state index contributed by atoms with van der Waals surface area (Å²) in [7, 11) is -0.742. The zero-order valence-corrected chi connectivity index (χ0v) is 20.3. The Morgan fingerprint density at radius 1 is 1.12 bits per heavy atom. The lowest BCUT2D eigenvalue weighted by Crippen LogP contribution is -2.25. The molecule has 0 spiro atoms. The van der Waals surface area contributed by atoms with Gasteiger partial charge in [-0.25, -0.2) is 22.7 Å². The van der Waals surface area contributed by atoms with Crippen LogP contribution in [0.4, 0.5) is 5.69 Å². The first-order valence-electron chi connectivity index (χ1n) is 9.79. The minimum Gasteiger partial charge on any atom is -0.325 e. The van der Waals surface area contributed by atoms with E-state index in [1.807, 2.05) is 19.9 Å². The highest BCUT2D eigenvalue weighted by atomic mass is 32.2. The Labute approximate surface area is 190 Å². The average Bonchev–Trinajstić information content (AvgIpc) is 2.68. The van der Waals surface area contributed by atoms with Crippen molar-refractivity contribution < 1.29 is 13.2 Å². The zero-order chi connectivity index (χ0) is 23.8. The van der Waals surface area contributed by atoms with Gasteiger partial charge in [0.05, 0.1) is 15.5 Å². The molecule has 1 unspecified atom stereocenters. The summed E-state index contributed by atoms with van der Waals surface area (Å²) in [5.74, 6) is -0.353. The summed E-state index contributed by atoms with van der Waals surface area (Å²) < 4.78 is 25.9. The molecule has 1 amide bonds. The predicted molar refractivity (Wildman–Crippen MR) is 126 cm³/mol. The molecular formula is C21H25N5O4S2. The molecule has 32 heavy (non-hydrogen) atoms. The number of fused-ring (bicyclic) bond motifs is 1. The topological polar surface area (TPSA) is 125 Å². The van der Waals surface area contributed by atoms with Crippen molar-refractivity contribution in [2.75, 3.05) is 19.4 Å². The van der Waals surface area contributed by atoms with Gasteiger partial charge in [-0.05, 0) is 57.0 Å². The van der Waals surface area contributed by atoms with E-state index in [4.69, 9.17) is 0 Å². The molecule has 2 N–H and O–H groups in total. The molecule has 0 fully saturated rings. The maximum Gasteiger partial charge on any atom is 0.261 e. The SMILES string of the molecule is Cc1cc(C)c2c(=O)[nH]c(SC(C)C(=O)Nc3cc(S(=O)(=O)N(C)C)ccc3C)nc2n1. The number of H-pyrrole nitrogens is 1. The standard InChI is InChI=1S/C21H25N5O4S2/c1-11-7-8-15(32(29,30)26(5)6)10-16(11)23-19(27)14(4)31-21-24-18-17(20(28)25-21)12(2)9-13(3)22-18/h7-10,14H,1-6H3,(H,23,27)(H,22,24,25,28). The number of nitrogens with one attached hydrogen (secondary N) is 2. The minimum absolute atomic E-state index is 0.0843. The monoisotopic (exact) mass is 475 g/mol. The molecule has 9 nitrogen and oxygen atoms in total. The lowest BCUT2D eigenvalue weighted by molar-refractivity contribution is -0.115. The Morgan fingerprint density at radius 2 is 1.81 bits per heavy atom. The summed E-state index contributed by atoms with van der Waals surface area (Å²) >= 11 is 1.09. The number of aryl methyl sites for hydroxylation is 3. The molecule has 0 bridgehead atoms. The number of carbonyl (C=O) groups is 1. The number of carbonyl (C=O) groups excluding carboxylic acids is 1. The molecule has 11 heteroatoms. The molecule has 2 heterocycles. The van der Waals surface area contributed by atoms with Crippen LogP contribution in [-0.4, -0.2) is 52.9 Å². The Bertz CT molecular complexity index is 1370. The number of anilines is 1. The first kappa shape index (κ1) is 23.9. The fourth-order valence-electron chi connectivity index (χ4n) is 3.08. The Hall–Kier alpha value is -2.76. The van der Waals surface area contributed by atoms with Gasteiger partial charge >= 0.3 is 0 Å². The number of amides is 1. The van der Waals surface area contributed by atoms with Gasteiger partial charge in [0.25, 0.3) is 5.56 Å². The summed E-state index contributed by atoms with van der Waals surface area (Å²) in [6, 6.07) is 6.39. The molecule has 0 aliphatic carbocycles. The molecule has 1 aromatic carbocycles. The fraction of sp³-hybridized carbons (Fsp3) is 0.333. The van der Waals surface area contributed by atoms with Crippen molar-refractivity contribution in [1.82, 2.24) is 19.3 Å². The zero-order valence-electron chi connectivity index (χ0n) is 18.7. The second-order valence-corrected chi connectivity index (χ2v) is 11.1. The Morgan fingerprint density at radius 3 is 2.47 bits per heavy atom. The molecule has 0 saturated carbocycles. The third-order valence-electron chi connectivity index (χ3n) is 4.88. The molecule has 1 atom stereocenters. The minimum atomic E-state index is -3.63. The van der Waals surface area contributed by atoms with E-state index in [2.05, 4.69) is 20.3 Å². The van der Waals surface area contributed by atoms with E-state index >= 15 is 0 Å². The highest BCUT2D eigenvalue weighted by Gasteiger charge is 2.21. The number of hydrogen-bond acceptors (Lipinski definition) is 7. The number of rotatable bonds is 6. The Kier molecular flexibility index (Phi) is 6.72. The van der Waals surface area contributed by atoms with Crippen molar-refractivity contribution in [3.63, 3.8) is 0 Å². The van der Waals surface area contributed by atoms with E-state index in [-0.39, 0.29) is 21.5 Å². The van der Waals surface area contributed by atoms with Crippen molar-refractivity contribution in [3.8, 4) is 0 Å². The van der Waals surface area contributed by atoms with E-state index in [0.29, 0.717) is 16.7 Å². The van der Waals surface area contributed by atoms with Crippen LogP contribution in [0.2, 0.25) is 0 Å². The first-order chi connectivity index (χ1) is 14.9. The van der Waals surface area contributed by atoms with Crippen LogP contribution < -0.4 is 10.9 Å². The van der Waals surface area contributed by atoms with Gasteiger partial charge in [0.1, 0.15) is 0 Å². The molecule has 3 aromatic rings. The van der Waals surface area contributed by atoms with Gasteiger partial charge in [-0.3, -0.25) is 9.59 Å². The maximum atomic E-state index is 12.8. The molecule has 0 aliphatic rings. The van der Waals surface area contributed by atoms with Gasteiger partial charge in [0.2, 0.25) is 15.9 Å². The van der Waals surface area contributed by atoms with Crippen LogP contribution in [0.3, 0.4) is 0 Å². The second kappa shape index (κ2) is 9.00. The van der Waals surface area contributed by atoms with Gasteiger partial charge in [0, 0.05) is 25.5 Å². The van der Waals surface area contributed by atoms with Crippen molar-refractivity contribution in [3.05, 3.63) is 51.4 Å². The molecule has 2 aromatic heterocycles. The van der Waals surface area contributed by atoms with Crippen molar-refractivity contribution >= 4 is 44.4 Å². The second-order valence-electron chi connectivity index (χ2n) is 7.66. The van der Waals surface area contributed by atoms with Crippen LogP contribution in [0.1, 0.15) is 23.7 Å². The van der Waals surface area contributed by atoms with Gasteiger partial charge in [-0.1, -0.05) is 17.8 Å². The molecule has 0 saturated heterocycles. The van der Waals surface area contributed by atoms with E-state index < -0.39 is 15.3 Å². The summed E-state index contributed by atoms with van der Waals surface area (Å²) in [5, 5.41) is 2.86. The van der Waals surface area contributed by atoms with Crippen LogP contribution >= 0.6 is 11.8 Å². The van der Waals surface area contributed by atoms with Gasteiger partial charge < -0.3 is 10.3 Å². The summed E-state index contributed by atoms with van der Waals surface area (Å²) in [6.45, 7) is 7.10. The third-order valence-corrected chi connectivity index (χ3v) is 7.68. The number of thioether (sulfide) groups is 1. The number of aromatic amines is 1. The third kappa shape index (κ3) is 4.84. The predicted octanol–water partition coefficient (Wildman–Crippen LogP) is 2.61. The maximum absolute atomic E-state index is 12.8. The van der Waals surface area contributed by atoms with Crippen LogP contribution in [0.5, 0.6) is 0 Å². The highest BCUT2D eigenvalue weighted by molar-refractivity contribution is 8.00. The number of benzene rings is 1. The van der Waals surface area contributed by atoms with Gasteiger partial charge in [-0.2, -0.15) is 0 Å². The lowest BCUT2D eigenvalue weighted by Gasteiger charge is -2.16. The molecular weight excluding hydrogens is 450 g/mol. The molecule has 170 valence electrons. The molecule has 3 rings (SSSR count). The average molecular weight is 476 g/mol. The Balaban J connectivity index is 1.84. The van der Waals surface area contributed by atoms with E-state index in [0.717, 1.165) is 32.9 Å². The highest BCUT2D eigenvalue weighted by Crippen LogP contribution is 2.25. The van der Waals surface area contributed by atoms with Crippen LogP contribution in [0.15, 0.2) is 39.1 Å². The van der Waals surface area contributed by atoms with Crippen molar-refractivity contribution in [1.29, 1.82) is 0 Å². The van der Waals surface area contributed by atoms with E-state index in [1.165, 1.54) is 26.2 Å². The van der Waals surface area contributed by atoms with Gasteiger partial charge in [0.15, 0.2) is 10.8 Å². The number of sulfonamides is 1. The number of hydrogen-bond donors (Lipinski definition) is 2. The smallest absolute Gasteiger partial charge is 0.261 e. The summed E-state index contributed by atoms with van der Waals surface area (Å²) in [6.07, 6.45) is 0. The first-order valence-corrected chi connectivity index (χ1v) is 12.1. The summed E-state index contributed by atoms with van der Waals surface area (Å²) in [4.78, 5) is 36.8. The van der Waals surface area contributed by atoms with Crippen LogP contribution in [-0.2, 0) is 14.8 Å². The number of pyridine rings is 1. The number of nitrogens with zero attached hydrogens (tertiary/aromatic N) is 3. The largest absolute Gasteiger partial charge is 0.325 e. The molecule has 0 radical (unpaired) electrons. The fourth-order valence-corrected chi connectivity index (χ4v) is 4.80. The number of aromatic nitrogens is 3. The molecule has 0 aliphatic heterocycles.